The first-order valence-corrected chi connectivity index (χ1v) is 6.87. The van der Waals surface area contributed by atoms with E-state index in [2.05, 4.69) is 24.3 Å². The lowest BCUT2D eigenvalue weighted by molar-refractivity contribution is 0.522. The van der Waals surface area contributed by atoms with E-state index >= 15 is 0 Å². The van der Waals surface area contributed by atoms with Crippen molar-refractivity contribution in [3.8, 4) is 0 Å². The highest BCUT2D eigenvalue weighted by Crippen LogP contribution is 2.03. The number of hydrogen-bond donors (Lipinski definition) is 1. The van der Waals surface area contributed by atoms with Gasteiger partial charge in [-0.25, -0.2) is 0 Å². The molecule has 4 nitrogen and oxygen atoms in total. The van der Waals surface area contributed by atoms with Gasteiger partial charge in [0.25, 0.3) is 0 Å². The molecule has 0 fully saturated rings. The first-order valence-electron chi connectivity index (χ1n) is 5.14. The highest BCUT2D eigenvalue weighted by atomic mass is 32.2. The Balaban J connectivity index is 2.28. The SMILES string of the molecule is CC(C)n1ccc(CNCCS(C)=O)n1. The summed E-state index contributed by atoms with van der Waals surface area (Å²) >= 11 is 0. The summed E-state index contributed by atoms with van der Waals surface area (Å²) in [6.45, 7) is 5.73. The standard InChI is InChI=1S/C10H19N3OS/c1-9(2)13-6-4-10(12-13)8-11-5-7-15(3)14/h4,6,9,11H,5,7-8H2,1-3H3. The fourth-order valence-corrected chi connectivity index (χ4v) is 1.62. The van der Waals surface area contributed by atoms with Crippen LogP contribution in [0.15, 0.2) is 12.3 Å². The highest BCUT2D eigenvalue weighted by Gasteiger charge is 2.01. The molecular weight excluding hydrogens is 210 g/mol. The molecule has 1 N–H and O–H groups in total. The van der Waals surface area contributed by atoms with E-state index in [9.17, 15) is 4.21 Å². The average molecular weight is 229 g/mol. The number of rotatable bonds is 6. The number of aromatic nitrogens is 2. The minimum atomic E-state index is -0.714. The van der Waals surface area contributed by atoms with Crippen molar-refractivity contribution < 1.29 is 4.21 Å². The molecule has 86 valence electrons. The van der Waals surface area contributed by atoms with Crippen LogP contribution in [0.1, 0.15) is 25.6 Å². The van der Waals surface area contributed by atoms with Gasteiger partial charge in [0.1, 0.15) is 0 Å². The van der Waals surface area contributed by atoms with Crippen molar-refractivity contribution in [2.75, 3.05) is 18.6 Å². The van der Waals surface area contributed by atoms with Gasteiger partial charge >= 0.3 is 0 Å². The molecule has 15 heavy (non-hydrogen) atoms. The van der Waals surface area contributed by atoms with Crippen LogP contribution in [0, 0.1) is 0 Å². The molecule has 0 aliphatic rings. The normalized spacial score (nSPS) is 13.3. The monoisotopic (exact) mass is 229 g/mol. The van der Waals surface area contributed by atoms with Crippen LogP contribution in [-0.4, -0.2) is 32.5 Å². The molecule has 1 aromatic heterocycles. The predicted octanol–water partition coefficient (Wildman–Crippen LogP) is 0.932. The van der Waals surface area contributed by atoms with Crippen molar-refractivity contribution in [2.45, 2.75) is 26.4 Å². The number of nitrogens with zero attached hydrogens (tertiary/aromatic N) is 2. The first-order chi connectivity index (χ1) is 7.09. The van der Waals surface area contributed by atoms with Crippen LogP contribution in [0.25, 0.3) is 0 Å². The Kier molecular flexibility index (Phi) is 4.98. The molecule has 0 amide bonds. The summed E-state index contributed by atoms with van der Waals surface area (Å²) in [5, 5.41) is 7.62. The van der Waals surface area contributed by atoms with Crippen LogP contribution >= 0.6 is 0 Å². The zero-order chi connectivity index (χ0) is 11.3. The second-order valence-electron chi connectivity index (χ2n) is 3.83. The van der Waals surface area contributed by atoms with Gasteiger partial charge in [0.2, 0.25) is 0 Å². The molecule has 1 unspecified atom stereocenters. The van der Waals surface area contributed by atoms with E-state index in [1.54, 1.807) is 6.26 Å². The van der Waals surface area contributed by atoms with Gasteiger partial charge in [0.05, 0.1) is 5.69 Å². The van der Waals surface area contributed by atoms with E-state index in [4.69, 9.17) is 0 Å². The molecule has 0 spiro atoms. The molecule has 0 saturated heterocycles. The fourth-order valence-electron chi connectivity index (χ4n) is 1.19. The van der Waals surface area contributed by atoms with Crippen LogP contribution in [0.4, 0.5) is 0 Å². The molecule has 1 heterocycles. The third-order valence-electron chi connectivity index (χ3n) is 2.07. The van der Waals surface area contributed by atoms with Gasteiger partial charge < -0.3 is 5.32 Å². The van der Waals surface area contributed by atoms with Gasteiger partial charge in [0.15, 0.2) is 0 Å². The summed E-state index contributed by atoms with van der Waals surface area (Å²) in [5.41, 5.74) is 1.03. The quantitative estimate of drug-likeness (QED) is 0.738. The van der Waals surface area contributed by atoms with Gasteiger partial charge in [-0.2, -0.15) is 5.10 Å². The van der Waals surface area contributed by atoms with E-state index in [1.807, 2.05) is 16.9 Å². The minimum Gasteiger partial charge on any atom is -0.310 e. The molecule has 0 aliphatic carbocycles. The Morgan fingerprint density at radius 3 is 2.87 bits per heavy atom. The van der Waals surface area contributed by atoms with Crippen molar-refractivity contribution >= 4 is 10.8 Å². The lowest BCUT2D eigenvalue weighted by Gasteiger charge is -2.04. The van der Waals surface area contributed by atoms with Crippen LogP contribution in [0.3, 0.4) is 0 Å². The van der Waals surface area contributed by atoms with Gasteiger partial charge in [-0.05, 0) is 19.9 Å². The van der Waals surface area contributed by atoms with Gasteiger partial charge in [-0.3, -0.25) is 8.89 Å². The lowest BCUT2D eigenvalue weighted by atomic mass is 10.4. The van der Waals surface area contributed by atoms with Crippen molar-refractivity contribution in [1.29, 1.82) is 0 Å². The summed E-state index contributed by atoms with van der Waals surface area (Å²) in [6.07, 6.45) is 3.70. The number of hydrogen-bond acceptors (Lipinski definition) is 3. The van der Waals surface area contributed by atoms with Crippen LogP contribution in [-0.2, 0) is 17.3 Å². The highest BCUT2D eigenvalue weighted by molar-refractivity contribution is 7.84. The van der Waals surface area contributed by atoms with Crippen molar-refractivity contribution in [3.63, 3.8) is 0 Å². The van der Waals surface area contributed by atoms with Crippen molar-refractivity contribution in [3.05, 3.63) is 18.0 Å². The Hall–Kier alpha value is -0.680. The Bertz CT molecular complexity index is 322. The van der Waals surface area contributed by atoms with Crippen LogP contribution in [0.2, 0.25) is 0 Å². The summed E-state index contributed by atoms with van der Waals surface area (Å²) < 4.78 is 12.7. The zero-order valence-electron chi connectivity index (χ0n) is 9.56. The predicted molar refractivity (Wildman–Crippen MR) is 63.3 cm³/mol. The molecule has 1 aromatic rings. The summed E-state index contributed by atoms with van der Waals surface area (Å²) in [7, 11) is -0.714. The molecule has 1 rings (SSSR count). The Labute approximate surface area is 93.5 Å². The van der Waals surface area contributed by atoms with E-state index in [0.717, 1.165) is 18.8 Å². The molecule has 0 radical (unpaired) electrons. The third kappa shape index (κ3) is 4.57. The van der Waals surface area contributed by atoms with Crippen LogP contribution in [0.5, 0.6) is 0 Å². The largest absolute Gasteiger partial charge is 0.310 e. The molecule has 0 aliphatic heterocycles. The third-order valence-corrected chi connectivity index (χ3v) is 2.84. The summed E-state index contributed by atoms with van der Waals surface area (Å²) in [5.74, 6) is 0.699. The van der Waals surface area contributed by atoms with Crippen molar-refractivity contribution in [1.82, 2.24) is 15.1 Å². The van der Waals surface area contributed by atoms with E-state index < -0.39 is 10.8 Å². The maximum absolute atomic E-state index is 10.8. The van der Waals surface area contributed by atoms with Crippen molar-refractivity contribution in [2.24, 2.45) is 0 Å². The summed E-state index contributed by atoms with van der Waals surface area (Å²) in [6, 6.07) is 2.41. The lowest BCUT2D eigenvalue weighted by Crippen LogP contribution is -2.20. The number of nitrogens with one attached hydrogen (secondary N) is 1. The van der Waals surface area contributed by atoms with Gasteiger partial charge in [-0.15, -0.1) is 0 Å². The molecule has 1 atom stereocenters. The molecule has 0 aromatic carbocycles. The first kappa shape index (κ1) is 12.4. The van der Waals surface area contributed by atoms with Gasteiger partial charge in [-0.1, -0.05) is 0 Å². The zero-order valence-corrected chi connectivity index (χ0v) is 10.4. The van der Waals surface area contributed by atoms with E-state index in [1.165, 1.54) is 0 Å². The minimum absolute atomic E-state index is 0.405. The molecule has 0 bridgehead atoms. The molecule has 0 saturated carbocycles. The fraction of sp³-hybridized carbons (Fsp3) is 0.700. The molecular formula is C10H19N3OS. The van der Waals surface area contributed by atoms with E-state index in [0.29, 0.717) is 11.8 Å². The Morgan fingerprint density at radius 1 is 1.60 bits per heavy atom. The summed E-state index contributed by atoms with van der Waals surface area (Å²) in [4.78, 5) is 0. The maximum Gasteiger partial charge on any atom is 0.0762 e. The smallest absolute Gasteiger partial charge is 0.0762 e. The van der Waals surface area contributed by atoms with E-state index in [-0.39, 0.29) is 0 Å². The Morgan fingerprint density at radius 2 is 2.33 bits per heavy atom. The second-order valence-corrected chi connectivity index (χ2v) is 5.39. The second kappa shape index (κ2) is 6.02. The molecule has 5 heteroatoms. The topological polar surface area (TPSA) is 46.9 Å². The average Bonchev–Trinajstić information content (AvgIpc) is 2.60. The van der Waals surface area contributed by atoms with Crippen LogP contribution < -0.4 is 5.32 Å². The maximum atomic E-state index is 10.8. The van der Waals surface area contributed by atoms with Gasteiger partial charge in [0, 0.05) is 48.1 Å².